The van der Waals surface area contributed by atoms with Crippen molar-refractivity contribution in [2.24, 2.45) is 5.73 Å². The van der Waals surface area contributed by atoms with Crippen LogP contribution in [0.1, 0.15) is 12.8 Å². The zero-order valence-corrected chi connectivity index (χ0v) is 9.21. The predicted octanol–water partition coefficient (Wildman–Crippen LogP) is 1.13. The molecule has 0 amide bonds. The average Bonchev–Trinajstić information content (AvgIpc) is 2.15. The number of nitrogens with zero attached hydrogens (tertiary/aromatic N) is 1. The Kier molecular flexibility index (Phi) is 4.78. The van der Waals surface area contributed by atoms with Crippen molar-refractivity contribution in [1.29, 1.82) is 0 Å². The van der Waals surface area contributed by atoms with Gasteiger partial charge in [0, 0.05) is 13.1 Å². The minimum atomic E-state index is -0.457. The quantitative estimate of drug-likeness (QED) is 0.430. The summed E-state index contributed by atoms with van der Waals surface area (Å²) in [7, 11) is 0. The van der Waals surface area contributed by atoms with E-state index in [0.717, 1.165) is 19.4 Å². The summed E-state index contributed by atoms with van der Waals surface area (Å²) in [4.78, 5) is -0.457. The summed E-state index contributed by atoms with van der Waals surface area (Å²) in [5.74, 6) is 0. The molecule has 1 aliphatic rings. The molecule has 0 aromatic carbocycles. The molecule has 1 rings (SSSR count). The van der Waals surface area contributed by atoms with Gasteiger partial charge in [0.05, 0.1) is 0 Å². The van der Waals surface area contributed by atoms with E-state index in [1.54, 1.807) is 4.42 Å². The van der Waals surface area contributed by atoms with Gasteiger partial charge in [-0.3, -0.25) is 0 Å². The molecule has 2 nitrogen and oxygen atoms in total. The van der Waals surface area contributed by atoms with Crippen LogP contribution in [0.5, 0.6) is 0 Å². The molecule has 0 aromatic heterocycles. The molecule has 0 bridgehead atoms. The van der Waals surface area contributed by atoms with E-state index < -0.39 is 5.00 Å². The first kappa shape index (κ1) is 11.2. The molecule has 1 fully saturated rings. The third-order valence-electron chi connectivity index (χ3n) is 1.66. The smallest absolute Gasteiger partial charge is 0.328 e. The molecule has 0 radical (unpaired) electrons. The van der Waals surface area contributed by atoms with Crippen LogP contribution in [0.25, 0.3) is 0 Å². The topological polar surface area (TPSA) is 29.3 Å². The Morgan fingerprint density at radius 3 is 2.40 bits per heavy atom. The summed E-state index contributed by atoms with van der Waals surface area (Å²) < 4.78 is 1.59. The van der Waals surface area contributed by atoms with Gasteiger partial charge in [0.2, 0.25) is 0 Å². The van der Waals surface area contributed by atoms with Crippen LogP contribution < -0.4 is 5.73 Å². The molecule has 2 N–H and O–H groups in total. The minimum absolute atomic E-state index is 0. The summed E-state index contributed by atoms with van der Waals surface area (Å²) in [5.41, 5.74) is 5.40. The van der Waals surface area contributed by atoms with Gasteiger partial charge in [-0.15, -0.1) is 0 Å². The SMILES string of the molecule is NCC1(Cl)CCCN1Cl.[Pt+2]. The van der Waals surface area contributed by atoms with E-state index in [4.69, 9.17) is 29.1 Å². The standard InChI is InChI=1S/C5H10Cl2N2.Pt/c6-5(4-8)2-1-3-9(5)7;/h1-4,8H2;/q;+2. The maximum absolute atomic E-state index is 5.97. The number of halogens is 2. The van der Waals surface area contributed by atoms with Gasteiger partial charge in [0.25, 0.3) is 0 Å². The summed E-state index contributed by atoms with van der Waals surface area (Å²) in [6.45, 7) is 1.28. The first-order valence-corrected chi connectivity index (χ1v) is 3.73. The number of nitrogens with two attached hydrogens (primary N) is 1. The maximum Gasteiger partial charge on any atom is 2.00 e. The van der Waals surface area contributed by atoms with Gasteiger partial charge in [-0.05, 0) is 24.6 Å². The fraction of sp³-hybridized carbons (Fsp3) is 1.00. The fourth-order valence-electron chi connectivity index (χ4n) is 1.01. The molecule has 1 unspecified atom stereocenters. The molecule has 1 atom stereocenters. The van der Waals surface area contributed by atoms with Crippen LogP contribution in [0.3, 0.4) is 0 Å². The van der Waals surface area contributed by atoms with Gasteiger partial charge in [0.1, 0.15) is 5.00 Å². The molecular formula is C5H10Cl2N2Pt+2. The Bertz CT molecular complexity index is 114. The van der Waals surface area contributed by atoms with Crippen molar-refractivity contribution in [2.75, 3.05) is 13.1 Å². The second-order valence-electron chi connectivity index (χ2n) is 2.31. The molecule has 1 heterocycles. The Hall–Kier alpha value is 1.19. The summed E-state index contributed by atoms with van der Waals surface area (Å²) in [5, 5.41) is 0. The number of hydrogen-bond donors (Lipinski definition) is 1. The normalized spacial score (nSPS) is 33.9. The van der Waals surface area contributed by atoms with Crippen LogP contribution >= 0.6 is 23.4 Å². The Morgan fingerprint density at radius 1 is 1.60 bits per heavy atom. The largest absolute Gasteiger partial charge is 2.00 e. The van der Waals surface area contributed by atoms with Crippen molar-refractivity contribution in [3.63, 3.8) is 0 Å². The molecule has 1 aliphatic heterocycles. The third-order valence-corrected chi connectivity index (χ3v) is 2.79. The molecule has 62 valence electrons. The fourth-order valence-corrected chi connectivity index (χ4v) is 1.50. The number of alkyl halides is 1. The van der Waals surface area contributed by atoms with Gasteiger partial charge in [-0.2, -0.15) is 4.42 Å². The first-order valence-electron chi connectivity index (χ1n) is 3.01. The van der Waals surface area contributed by atoms with E-state index in [1.807, 2.05) is 0 Å². The van der Waals surface area contributed by atoms with Crippen molar-refractivity contribution in [1.82, 2.24) is 4.42 Å². The van der Waals surface area contributed by atoms with Crippen molar-refractivity contribution in [3.8, 4) is 0 Å². The second-order valence-corrected chi connectivity index (χ2v) is 3.42. The Balaban J connectivity index is 0.000000810. The van der Waals surface area contributed by atoms with E-state index in [1.165, 1.54) is 0 Å². The van der Waals surface area contributed by atoms with E-state index >= 15 is 0 Å². The molecule has 0 aromatic rings. The molecule has 1 saturated heterocycles. The van der Waals surface area contributed by atoms with E-state index in [-0.39, 0.29) is 21.1 Å². The van der Waals surface area contributed by atoms with Crippen molar-refractivity contribution >= 4 is 23.4 Å². The first-order chi connectivity index (χ1) is 4.19. The zero-order chi connectivity index (χ0) is 6.91. The predicted molar refractivity (Wildman–Crippen MR) is 39.4 cm³/mol. The molecule has 0 saturated carbocycles. The van der Waals surface area contributed by atoms with E-state index in [2.05, 4.69) is 0 Å². The van der Waals surface area contributed by atoms with E-state index in [0.29, 0.717) is 6.54 Å². The maximum atomic E-state index is 5.97. The van der Waals surface area contributed by atoms with Crippen LogP contribution in [-0.4, -0.2) is 22.5 Å². The zero-order valence-electron chi connectivity index (χ0n) is 5.43. The van der Waals surface area contributed by atoms with Crippen LogP contribution in [0, 0.1) is 0 Å². The molecule has 0 spiro atoms. The average molecular weight is 364 g/mol. The van der Waals surface area contributed by atoms with Gasteiger partial charge >= 0.3 is 21.1 Å². The third kappa shape index (κ3) is 2.09. The van der Waals surface area contributed by atoms with Crippen LogP contribution in [-0.2, 0) is 21.1 Å². The van der Waals surface area contributed by atoms with E-state index in [9.17, 15) is 0 Å². The van der Waals surface area contributed by atoms with Gasteiger partial charge in [-0.1, -0.05) is 11.6 Å². The summed E-state index contributed by atoms with van der Waals surface area (Å²) in [6, 6.07) is 0. The Labute approximate surface area is 85.4 Å². The molecule has 0 aliphatic carbocycles. The van der Waals surface area contributed by atoms with Crippen molar-refractivity contribution < 1.29 is 21.1 Å². The second kappa shape index (κ2) is 4.27. The summed E-state index contributed by atoms with van der Waals surface area (Å²) >= 11 is 11.7. The Morgan fingerprint density at radius 2 is 2.20 bits per heavy atom. The van der Waals surface area contributed by atoms with Crippen molar-refractivity contribution in [3.05, 3.63) is 0 Å². The monoisotopic (exact) mass is 363 g/mol. The summed E-state index contributed by atoms with van der Waals surface area (Å²) in [6.07, 6.45) is 1.94. The van der Waals surface area contributed by atoms with Gasteiger partial charge in [0.15, 0.2) is 0 Å². The van der Waals surface area contributed by atoms with Crippen LogP contribution in [0.4, 0.5) is 0 Å². The van der Waals surface area contributed by atoms with Crippen LogP contribution in [0.2, 0.25) is 0 Å². The van der Waals surface area contributed by atoms with Crippen molar-refractivity contribution in [2.45, 2.75) is 17.8 Å². The minimum Gasteiger partial charge on any atom is -0.328 e. The number of hydrogen-bond acceptors (Lipinski definition) is 2. The molecule has 10 heavy (non-hydrogen) atoms. The van der Waals surface area contributed by atoms with Gasteiger partial charge < -0.3 is 5.73 Å². The van der Waals surface area contributed by atoms with Gasteiger partial charge in [-0.25, -0.2) is 0 Å². The molecule has 5 heteroatoms. The number of rotatable bonds is 1. The molecular weight excluding hydrogens is 354 g/mol. The van der Waals surface area contributed by atoms with Crippen LogP contribution in [0.15, 0.2) is 0 Å².